The van der Waals surface area contributed by atoms with E-state index in [2.05, 4.69) is 35.8 Å². The predicted molar refractivity (Wildman–Crippen MR) is 110 cm³/mol. The number of aromatic amines is 1. The molecule has 0 unspecified atom stereocenters. The molecule has 0 radical (unpaired) electrons. The van der Waals surface area contributed by atoms with Gasteiger partial charge in [-0.15, -0.1) is 11.3 Å². The first-order valence-corrected chi connectivity index (χ1v) is 9.25. The molecule has 4 heterocycles. The van der Waals surface area contributed by atoms with Crippen molar-refractivity contribution in [1.82, 2.24) is 25.1 Å². The van der Waals surface area contributed by atoms with Crippen LogP contribution in [0.3, 0.4) is 0 Å². The number of nitrogens with one attached hydrogen (secondary N) is 4. The Morgan fingerprint density at radius 1 is 0.964 bits per heavy atom. The molecule has 4 aromatic heterocycles. The molecule has 0 aliphatic carbocycles. The molecule has 0 aliphatic rings. The summed E-state index contributed by atoms with van der Waals surface area (Å²) in [6.07, 6.45) is 3.29. The maximum Gasteiger partial charge on any atom is 0.231 e. The Bertz CT molecular complexity index is 1260. The van der Waals surface area contributed by atoms with Crippen LogP contribution in [0, 0.1) is 0 Å². The number of aromatic nitrogens is 5. The standard InChI is InChI=1S/C18H14N8OS/c27-26-12-2-4-15(19-9-12)23-18-22-14-5-6-28-16(14)17(24-18)21-11-1-3-13-10(7-11)8-20-25-13/h1-9,26-27H,(H,20,25)(H2,19,21,22,23,24). The third kappa shape index (κ3) is 3.06. The monoisotopic (exact) mass is 390 g/mol. The summed E-state index contributed by atoms with van der Waals surface area (Å²) in [6, 6.07) is 11.3. The summed E-state index contributed by atoms with van der Waals surface area (Å²) in [6.45, 7) is 0. The summed E-state index contributed by atoms with van der Waals surface area (Å²) in [7, 11) is 0. The van der Waals surface area contributed by atoms with Crippen LogP contribution >= 0.6 is 11.3 Å². The molecule has 10 heteroatoms. The Kier molecular flexibility index (Phi) is 3.96. The van der Waals surface area contributed by atoms with Gasteiger partial charge in [0.15, 0.2) is 5.82 Å². The van der Waals surface area contributed by atoms with Crippen molar-refractivity contribution in [2.75, 3.05) is 16.1 Å². The van der Waals surface area contributed by atoms with Crippen LogP contribution in [0.4, 0.5) is 29.0 Å². The zero-order valence-corrected chi connectivity index (χ0v) is 15.2. The fraction of sp³-hybridized carbons (Fsp3) is 0. The van der Waals surface area contributed by atoms with Crippen LogP contribution in [0.2, 0.25) is 0 Å². The molecule has 5 rings (SSSR count). The van der Waals surface area contributed by atoms with Crippen molar-refractivity contribution in [3.8, 4) is 0 Å². The first-order valence-electron chi connectivity index (χ1n) is 8.37. The van der Waals surface area contributed by atoms with E-state index in [0.29, 0.717) is 23.3 Å². The van der Waals surface area contributed by atoms with E-state index in [-0.39, 0.29) is 0 Å². The Hall–Kier alpha value is -3.76. The highest BCUT2D eigenvalue weighted by molar-refractivity contribution is 7.17. The Balaban J connectivity index is 1.49. The molecule has 0 saturated heterocycles. The second kappa shape index (κ2) is 6.76. The number of fused-ring (bicyclic) bond motifs is 2. The summed E-state index contributed by atoms with van der Waals surface area (Å²) >= 11 is 1.57. The molecule has 5 N–H and O–H groups in total. The zero-order chi connectivity index (χ0) is 18.9. The largest absolute Gasteiger partial charge is 0.339 e. The zero-order valence-electron chi connectivity index (χ0n) is 14.3. The molecule has 9 nitrogen and oxygen atoms in total. The fourth-order valence-corrected chi connectivity index (χ4v) is 3.59. The molecule has 0 spiro atoms. The van der Waals surface area contributed by atoms with Crippen LogP contribution in [0.1, 0.15) is 0 Å². The molecule has 1 aromatic carbocycles. The number of benzene rings is 1. The minimum atomic E-state index is 0.426. The first-order chi connectivity index (χ1) is 13.8. The first kappa shape index (κ1) is 16.4. The van der Waals surface area contributed by atoms with Crippen molar-refractivity contribution < 1.29 is 5.21 Å². The maximum absolute atomic E-state index is 8.89. The fourth-order valence-electron chi connectivity index (χ4n) is 2.81. The summed E-state index contributed by atoms with van der Waals surface area (Å²) in [5, 5.41) is 25.4. The van der Waals surface area contributed by atoms with Crippen molar-refractivity contribution in [2.45, 2.75) is 0 Å². The molecular weight excluding hydrogens is 376 g/mol. The number of nitrogens with zero attached hydrogens (tertiary/aromatic N) is 4. The highest BCUT2D eigenvalue weighted by Gasteiger charge is 2.11. The van der Waals surface area contributed by atoms with Crippen LogP contribution in [-0.2, 0) is 0 Å². The van der Waals surface area contributed by atoms with Crippen LogP contribution in [0.15, 0.2) is 54.2 Å². The summed E-state index contributed by atoms with van der Waals surface area (Å²) < 4.78 is 0.964. The molecule has 0 bridgehead atoms. The van der Waals surface area contributed by atoms with Crippen molar-refractivity contribution in [3.63, 3.8) is 0 Å². The van der Waals surface area contributed by atoms with Crippen LogP contribution in [-0.4, -0.2) is 30.4 Å². The van der Waals surface area contributed by atoms with Gasteiger partial charge in [0.25, 0.3) is 0 Å². The van der Waals surface area contributed by atoms with Gasteiger partial charge < -0.3 is 10.6 Å². The second-order valence-corrected chi connectivity index (χ2v) is 6.91. The van der Waals surface area contributed by atoms with Crippen molar-refractivity contribution in [3.05, 3.63) is 54.2 Å². The SMILES string of the molecule is ONc1ccc(Nc2nc(Nc3ccc4[nH]ncc4c3)c3sccc3n2)nc1. The molecule has 0 atom stereocenters. The van der Waals surface area contributed by atoms with E-state index in [0.717, 1.165) is 26.8 Å². The number of thiophene rings is 1. The third-order valence-electron chi connectivity index (χ3n) is 4.14. The Morgan fingerprint density at radius 3 is 2.75 bits per heavy atom. The molecule has 5 aromatic rings. The molecular formula is C18H14N8OS. The van der Waals surface area contributed by atoms with Gasteiger partial charge in [-0.1, -0.05) is 0 Å². The number of anilines is 5. The lowest BCUT2D eigenvalue weighted by molar-refractivity contribution is 0.388. The minimum absolute atomic E-state index is 0.426. The van der Waals surface area contributed by atoms with E-state index >= 15 is 0 Å². The van der Waals surface area contributed by atoms with Gasteiger partial charge in [0.05, 0.1) is 33.8 Å². The van der Waals surface area contributed by atoms with E-state index in [9.17, 15) is 0 Å². The summed E-state index contributed by atoms with van der Waals surface area (Å²) in [4.78, 5) is 13.4. The van der Waals surface area contributed by atoms with Crippen LogP contribution in [0.5, 0.6) is 0 Å². The molecule has 0 saturated carbocycles. The predicted octanol–water partition coefficient (Wildman–Crippen LogP) is 4.25. The molecule has 138 valence electrons. The van der Waals surface area contributed by atoms with Crippen molar-refractivity contribution in [1.29, 1.82) is 0 Å². The average Bonchev–Trinajstić information content (AvgIpc) is 3.37. The molecule has 28 heavy (non-hydrogen) atoms. The van der Waals surface area contributed by atoms with Gasteiger partial charge in [-0.2, -0.15) is 10.1 Å². The van der Waals surface area contributed by atoms with Gasteiger partial charge in [0, 0.05) is 11.1 Å². The quantitative estimate of drug-likeness (QED) is 0.282. The van der Waals surface area contributed by atoms with E-state index < -0.39 is 0 Å². The number of rotatable bonds is 5. The molecule has 0 aliphatic heterocycles. The van der Waals surface area contributed by atoms with Gasteiger partial charge in [0.2, 0.25) is 5.95 Å². The summed E-state index contributed by atoms with van der Waals surface area (Å²) in [5.41, 5.74) is 5.27. The average molecular weight is 390 g/mol. The van der Waals surface area contributed by atoms with Crippen molar-refractivity contribution >= 4 is 61.4 Å². The topological polar surface area (TPSA) is 124 Å². The number of hydrogen-bond donors (Lipinski definition) is 5. The van der Waals surface area contributed by atoms with E-state index in [4.69, 9.17) is 5.21 Å². The Labute approximate surface area is 162 Å². The lowest BCUT2D eigenvalue weighted by atomic mass is 10.2. The van der Waals surface area contributed by atoms with Crippen LogP contribution in [0.25, 0.3) is 21.1 Å². The van der Waals surface area contributed by atoms with E-state index in [1.165, 1.54) is 6.20 Å². The van der Waals surface area contributed by atoms with Crippen LogP contribution < -0.4 is 16.1 Å². The number of H-pyrrole nitrogens is 1. The normalized spacial score (nSPS) is 11.0. The lowest BCUT2D eigenvalue weighted by Crippen LogP contribution is -2.02. The van der Waals surface area contributed by atoms with E-state index in [1.807, 2.05) is 35.1 Å². The molecule has 0 fully saturated rings. The van der Waals surface area contributed by atoms with Gasteiger partial charge in [-0.3, -0.25) is 15.8 Å². The van der Waals surface area contributed by atoms with Crippen molar-refractivity contribution in [2.24, 2.45) is 0 Å². The van der Waals surface area contributed by atoms with E-state index in [1.54, 1.807) is 29.7 Å². The summed E-state index contributed by atoms with van der Waals surface area (Å²) in [5.74, 6) is 1.70. The highest BCUT2D eigenvalue weighted by atomic mass is 32.1. The lowest BCUT2D eigenvalue weighted by Gasteiger charge is -2.10. The van der Waals surface area contributed by atoms with Gasteiger partial charge in [-0.05, 0) is 41.8 Å². The molecule has 0 amide bonds. The van der Waals surface area contributed by atoms with Gasteiger partial charge >= 0.3 is 0 Å². The second-order valence-electron chi connectivity index (χ2n) is 6.00. The Morgan fingerprint density at radius 2 is 1.89 bits per heavy atom. The number of pyridine rings is 1. The van der Waals surface area contributed by atoms with Gasteiger partial charge in [-0.25, -0.2) is 9.97 Å². The third-order valence-corrected chi connectivity index (χ3v) is 5.05. The number of hydrogen-bond acceptors (Lipinski definition) is 9. The maximum atomic E-state index is 8.89. The highest BCUT2D eigenvalue weighted by Crippen LogP contribution is 2.31. The minimum Gasteiger partial charge on any atom is -0.339 e. The smallest absolute Gasteiger partial charge is 0.231 e. The van der Waals surface area contributed by atoms with Gasteiger partial charge in [0.1, 0.15) is 5.82 Å².